The van der Waals surface area contributed by atoms with Crippen molar-refractivity contribution in [3.8, 4) is 0 Å². The third-order valence-corrected chi connectivity index (χ3v) is 5.68. The molecule has 1 aromatic carbocycles. The highest BCUT2D eigenvalue weighted by molar-refractivity contribution is 14.0. The quantitative estimate of drug-likeness (QED) is 0.253. The van der Waals surface area contributed by atoms with E-state index < -0.39 is 0 Å². The van der Waals surface area contributed by atoms with Crippen molar-refractivity contribution in [2.75, 3.05) is 63.8 Å². The number of anilines is 1. The number of guanidine groups is 1. The number of benzene rings is 1. The topological polar surface area (TPSA) is 54.3 Å². The lowest BCUT2D eigenvalue weighted by Crippen LogP contribution is -2.46. The first kappa shape index (κ1) is 24.2. The van der Waals surface area contributed by atoms with E-state index in [0.717, 1.165) is 71.2 Å². The molecule has 7 heteroatoms. The molecule has 2 fully saturated rings. The fraction of sp³-hybridized carbons (Fsp3) is 0.682. The van der Waals surface area contributed by atoms with E-state index in [2.05, 4.69) is 58.1 Å². The lowest BCUT2D eigenvalue weighted by Gasteiger charge is -2.36. The molecule has 0 amide bonds. The van der Waals surface area contributed by atoms with Gasteiger partial charge in [-0.25, -0.2) is 0 Å². The summed E-state index contributed by atoms with van der Waals surface area (Å²) in [4.78, 5) is 12.0. The maximum atomic E-state index is 9.74. The van der Waals surface area contributed by atoms with Crippen molar-refractivity contribution in [2.24, 2.45) is 4.99 Å². The van der Waals surface area contributed by atoms with Crippen LogP contribution in [0.15, 0.2) is 29.3 Å². The molecule has 0 unspecified atom stereocenters. The Morgan fingerprint density at radius 1 is 1.17 bits per heavy atom. The summed E-state index contributed by atoms with van der Waals surface area (Å²) in [5, 5.41) is 13.1. The van der Waals surface area contributed by atoms with E-state index in [-0.39, 0.29) is 30.1 Å². The fourth-order valence-electron chi connectivity index (χ4n) is 4.05. The average Bonchev–Trinajstić information content (AvgIpc) is 3.13. The molecule has 29 heavy (non-hydrogen) atoms. The van der Waals surface area contributed by atoms with Crippen molar-refractivity contribution in [3.63, 3.8) is 0 Å². The van der Waals surface area contributed by atoms with Gasteiger partial charge < -0.3 is 20.2 Å². The summed E-state index contributed by atoms with van der Waals surface area (Å²) in [5.41, 5.74) is 2.69. The average molecular weight is 515 g/mol. The van der Waals surface area contributed by atoms with Crippen LogP contribution in [0, 0.1) is 6.92 Å². The second-order valence-corrected chi connectivity index (χ2v) is 8.00. The highest BCUT2D eigenvalue weighted by atomic mass is 127. The molecule has 1 aromatic rings. The van der Waals surface area contributed by atoms with E-state index in [1.807, 2.05) is 0 Å². The van der Waals surface area contributed by atoms with Crippen LogP contribution in [0.1, 0.15) is 31.7 Å². The highest BCUT2D eigenvalue weighted by Crippen LogP contribution is 2.18. The van der Waals surface area contributed by atoms with Gasteiger partial charge in [-0.2, -0.15) is 0 Å². The third kappa shape index (κ3) is 7.61. The van der Waals surface area contributed by atoms with Crippen molar-refractivity contribution in [1.82, 2.24) is 15.1 Å². The number of unbranched alkanes of at least 4 members (excludes halogenated alkanes) is 1. The lowest BCUT2D eigenvalue weighted by molar-refractivity contribution is 0.188. The van der Waals surface area contributed by atoms with Crippen LogP contribution >= 0.6 is 24.0 Å². The Kier molecular flexibility index (Phi) is 10.5. The molecule has 0 radical (unpaired) electrons. The molecule has 2 aliphatic rings. The number of aliphatic imine (C=N–C) groups is 1. The molecule has 1 atom stereocenters. The fourth-order valence-corrected chi connectivity index (χ4v) is 4.05. The SMILES string of the molecule is CCNC(=NCCCCN1CCN(c2cccc(C)c2)CC1)N1CC[C@@H](O)C1.I. The minimum Gasteiger partial charge on any atom is -0.391 e. The second kappa shape index (κ2) is 12.6. The first-order valence-corrected chi connectivity index (χ1v) is 10.9. The molecule has 0 bridgehead atoms. The Balaban J connectivity index is 0.00000300. The lowest BCUT2D eigenvalue weighted by atomic mass is 10.2. The number of nitrogens with one attached hydrogen (secondary N) is 1. The minimum atomic E-state index is -0.206. The molecule has 164 valence electrons. The van der Waals surface area contributed by atoms with Gasteiger partial charge in [0.1, 0.15) is 0 Å². The molecule has 2 saturated heterocycles. The number of nitrogens with zero attached hydrogens (tertiary/aromatic N) is 4. The van der Waals surface area contributed by atoms with E-state index in [9.17, 15) is 5.11 Å². The molecule has 0 spiro atoms. The molecule has 2 N–H and O–H groups in total. The van der Waals surface area contributed by atoms with Gasteiger partial charge in [-0.15, -0.1) is 24.0 Å². The van der Waals surface area contributed by atoms with Gasteiger partial charge in [-0.05, 0) is 57.4 Å². The summed E-state index contributed by atoms with van der Waals surface area (Å²) in [6, 6.07) is 8.83. The van der Waals surface area contributed by atoms with Gasteiger partial charge >= 0.3 is 0 Å². The molecule has 6 nitrogen and oxygen atoms in total. The first-order valence-electron chi connectivity index (χ1n) is 10.9. The van der Waals surface area contributed by atoms with Crippen molar-refractivity contribution in [3.05, 3.63) is 29.8 Å². The Labute approximate surface area is 193 Å². The first-order chi connectivity index (χ1) is 13.7. The number of likely N-dealkylation sites (tertiary alicyclic amines) is 1. The van der Waals surface area contributed by atoms with Gasteiger partial charge in [0.2, 0.25) is 0 Å². The Morgan fingerprint density at radius 3 is 2.62 bits per heavy atom. The number of hydrogen-bond acceptors (Lipinski definition) is 4. The van der Waals surface area contributed by atoms with Crippen molar-refractivity contribution >= 4 is 35.6 Å². The number of aryl methyl sites for hydroxylation is 1. The minimum absolute atomic E-state index is 0. The van der Waals surface area contributed by atoms with Gasteiger partial charge in [0.05, 0.1) is 6.10 Å². The van der Waals surface area contributed by atoms with Crippen LogP contribution in [0.2, 0.25) is 0 Å². The Morgan fingerprint density at radius 2 is 1.97 bits per heavy atom. The monoisotopic (exact) mass is 515 g/mol. The summed E-state index contributed by atoms with van der Waals surface area (Å²) in [6.07, 6.45) is 2.94. The third-order valence-electron chi connectivity index (χ3n) is 5.68. The summed E-state index contributed by atoms with van der Waals surface area (Å²) in [6.45, 7) is 13.3. The van der Waals surface area contributed by atoms with Crippen molar-refractivity contribution in [2.45, 2.75) is 39.2 Å². The van der Waals surface area contributed by atoms with E-state index in [1.165, 1.54) is 17.7 Å². The molecular weight excluding hydrogens is 477 g/mol. The predicted molar refractivity (Wildman–Crippen MR) is 133 cm³/mol. The predicted octanol–water partition coefficient (Wildman–Crippen LogP) is 2.55. The van der Waals surface area contributed by atoms with E-state index in [0.29, 0.717) is 6.54 Å². The maximum absolute atomic E-state index is 9.74. The largest absolute Gasteiger partial charge is 0.391 e. The van der Waals surface area contributed by atoms with Crippen molar-refractivity contribution < 1.29 is 5.11 Å². The molecule has 3 rings (SSSR count). The van der Waals surface area contributed by atoms with Crippen LogP contribution in [0.5, 0.6) is 0 Å². The molecule has 2 heterocycles. The molecule has 2 aliphatic heterocycles. The highest BCUT2D eigenvalue weighted by Gasteiger charge is 2.22. The van der Waals surface area contributed by atoms with Gasteiger partial charge in [-0.1, -0.05) is 12.1 Å². The number of rotatable bonds is 7. The Bertz CT molecular complexity index is 633. The van der Waals surface area contributed by atoms with E-state index in [4.69, 9.17) is 4.99 Å². The smallest absolute Gasteiger partial charge is 0.194 e. The van der Waals surface area contributed by atoms with Gasteiger partial charge in [0, 0.05) is 58.0 Å². The van der Waals surface area contributed by atoms with Crippen LogP contribution in [0.4, 0.5) is 5.69 Å². The van der Waals surface area contributed by atoms with E-state index in [1.54, 1.807) is 0 Å². The number of β-amino-alcohol motifs (C(OH)–C–C–N with tert-alkyl or cyclic N) is 1. The standard InChI is InChI=1S/C22H37N5O.HI/c1-3-23-22(27-12-9-21(28)18-27)24-10-4-5-11-25-13-15-26(16-14-25)20-8-6-7-19(2)17-20;/h6-8,17,21,28H,3-5,9-16,18H2,1-2H3,(H,23,24);1H/t21-;/m1./s1. The molecular formula is C22H38IN5O. The normalized spacial score (nSPS) is 20.7. The van der Waals surface area contributed by atoms with Gasteiger partial charge in [0.25, 0.3) is 0 Å². The summed E-state index contributed by atoms with van der Waals surface area (Å²) >= 11 is 0. The van der Waals surface area contributed by atoms with Crippen LogP contribution < -0.4 is 10.2 Å². The zero-order valence-corrected chi connectivity index (χ0v) is 20.3. The molecule has 0 aromatic heterocycles. The number of aliphatic hydroxyl groups is 1. The van der Waals surface area contributed by atoms with Gasteiger partial charge in [-0.3, -0.25) is 9.89 Å². The summed E-state index contributed by atoms with van der Waals surface area (Å²) in [5.74, 6) is 0.964. The number of halogens is 1. The molecule has 0 saturated carbocycles. The summed E-state index contributed by atoms with van der Waals surface area (Å²) in [7, 11) is 0. The van der Waals surface area contributed by atoms with Crippen molar-refractivity contribution in [1.29, 1.82) is 0 Å². The summed E-state index contributed by atoms with van der Waals surface area (Å²) < 4.78 is 0. The van der Waals surface area contributed by atoms with Crippen LogP contribution in [0.25, 0.3) is 0 Å². The maximum Gasteiger partial charge on any atom is 0.194 e. The van der Waals surface area contributed by atoms with Crippen LogP contribution in [-0.4, -0.2) is 85.9 Å². The van der Waals surface area contributed by atoms with Crippen LogP contribution in [-0.2, 0) is 0 Å². The number of aliphatic hydroxyl groups excluding tert-OH is 1. The molecule has 0 aliphatic carbocycles. The van der Waals surface area contributed by atoms with E-state index >= 15 is 0 Å². The number of hydrogen-bond donors (Lipinski definition) is 2. The van der Waals surface area contributed by atoms with Gasteiger partial charge in [0.15, 0.2) is 5.96 Å². The zero-order valence-electron chi connectivity index (χ0n) is 18.0. The Hall–Kier alpha value is -1.06. The second-order valence-electron chi connectivity index (χ2n) is 8.00. The number of piperazine rings is 1. The van der Waals surface area contributed by atoms with Crippen LogP contribution in [0.3, 0.4) is 0 Å². The zero-order chi connectivity index (χ0) is 19.8.